The van der Waals surface area contributed by atoms with Crippen LogP contribution in [-0.4, -0.2) is 36.0 Å². The van der Waals surface area contributed by atoms with Crippen LogP contribution in [-0.2, 0) is 19.1 Å². The molecule has 0 saturated heterocycles. The summed E-state index contributed by atoms with van der Waals surface area (Å²) in [6, 6.07) is 10.4. The molecule has 2 aromatic carbocycles. The monoisotopic (exact) mass is 481 g/mol. The zero-order chi connectivity index (χ0) is 24.7. The van der Waals surface area contributed by atoms with Crippen molar-refractivity contribution in [3.63, 3.8) is 0 Å². The van der Waals surface area contributed by atoms with Gasteiger partial charge in [0.15, 0.2) is 17.5 Å². The number of hydrogen-bond acceptors (Lipinski definition) is 7. The summed E-state index contributed by atoms with van der Waals surface area (Å²) in [7, 11) is 3.20. The Hall–Kier alpha value is -4.35. The molecule has 5 rings (SSSR count). The van der Waals surface area contributed by atoms with Gasteiger partial charge in [-0.15, -0.1) is 0 Å². The van der Waals surface area contributed by atoms with Gasteiger partial charge in [0.1, 0.15) is 12.1 Å². The molecule has 0 unspecified atom stereocenters. The highest BCUT2D eigenvalue weighted by molar-refractivity contribution is 5.55. The predicted octanol–water partition coefficient (Wildman–Crippen LogP) is 2.15. The van der Waals surface area contributed by atoms with Crippen molar-refractivity contribution in [2.45, 2.75) is 24.9 Å². The minimum atomic E-state index is -1.02. The van der Waals surface area contributed by atoms with E-state index in [1.54, 1.807) is 31.3 Å². The minimum Gasteiger partial charge on any atom is -0.497 e. The standard InChI is InChI=1S/C23H21F2N7O3/c1-30-13-26-19(29-30)12-31-21(33)28-20(27-15-4-6-16(35-2)7-5-15)32(22(31)34)23(9-10-23)14-3-8-17(24)18(25)11-14/h3-8,11,13H,9-10,12H2,1-2H3,(H,27,28,33). The number of aromatic nitrogens is 6. The van der Waals surface area contributed by atoms with E-state index < -0.39 is 28.6 Å². The fourth-order valence-electron chi connectivity index (χ4n) is 4.05. The average Bonchev–Trinajstić information content (AvgIpc) is 3.53. The molecule has 180 valence electrons. The Bertz CT molecular complexity index is 1520. The lowest BCUT2D eigenvalue weighted by Gasteiger charge is -2.24. The lowest BCUT2D eigenvalue weighted by Crippen LogP contribution is -2.46. The largest absolute Gasteiger partial charge is 0.497 e. The van der Waals surface area contributed by atoms with Gasteiger partial charge in [-0.1, -0.05) is 6.07 Å². The summed E-state index contributed by atoms with van der Waals surface area (Å²) >= 11 is 0. The van der Waals surface area contributed by atoms with Gasteiger partial charge in [0.25, 0.3) is 0 Å². The van der Waals surface area contributed by atoms with Gasteiger partial charge in [0, 0.05) is 12.7 Å². The summed E-state index contributed by atoms with van der Waals surface area (Å²) in [5.41, 5.74) is -1.51. The lowest BCUT2D eigenvalue weighted by molar-refractivity contribution is 0.415. The number of hydrogen-bond donors (Lipinski definition) is 1. The van der Waals surface area contributed by atoms with E-state index in [-0.39, 0.29) is 18.3 Å². The Labute approximate surface area is 197 Å². The van der Waals surface area contributed by atoms with Gasteiger partial charge in [0.05, 0.1) is 19.2 Å². The van der Waals surface area contributed by atoms with E-state index in [2.05, 4.69) is 20.4 Å². The maximum Gasteiger partial charge on any atom is 0.355 e. The molecule has 1 N–H and O–H groups in total. The van der Waals surface area contributed by atoms with Crippen LogP contribution in [0.3, 0.4) is 0 Å². The molecule has 0 amide bonds. The molecule has 0 atom stereocenters. The fraction of sp³-hybridized carbons (Fsp3) is 0.261. The normalized spacial score (nSPS) is 14.1. The molecule has 2 heterocycles. The van der Waals surface area contributed by atoms with E-state index in [0.29, 0.717) is 29.8 Å². The van der Waals surface area contributed by atoms with Crippen LogP contribution in [0.25, 0.3) is 0 Å². The van der Waals surface area contributed by atoms with E-state index in [1.165, 1.54) is 28.8 Å². The first-order chi connectivity index (χ1) is 16.8. The van der Waals surface area contributed by atoms with Crippen LogP contribution in [0, 0.1) is 11.6 Å². The molecule has 12 heteroatoms. The zero-order valence-electron chi connectivity index (χ0n) is 18.9. The van der Waals surface area contributed by atoms with Crippen LogP contribution < -0.4 is 21.4 Å². The van der Waals surface area contributed by atoms with Crippen molar-refractivity contribution in [2.75, 3.05) is 12.4 Å². The average molecular weight is 481 g/mol. The molecule has 4 aromatic rings. The number of halogens is 2. The number of nitrogens with one attached hydrogen (secondary N) is 1. The quantitative estimate of drug-likeness (QED) is 0.431. The van der Waals surface area contributed by atoms with E-state index in [1.807, 2.05) is 0 Å². The van der Waals surface area contributed by atoms with Crippen molar-refractivity contribution in [2.24, 2.45) is 7.05 Å². The van der Waals surface area contributed by atoms with E-state index in [4.69, 9.17) is 4.74 Å². The summed E-state index contributed by atoms with van der Waals surface area (Å²) in [6.07, 6.45) is 2.39. The van der Waals surface area contributed by atoms with Gasteiger partial charge in [-0.25, -0.2) is 27.9 Å². The highest BCUT2D eigenvalue weighted by atomic mass is 19.2. The Morgan fingerprint density at radius 3 is 2.43 bits per heavy atom. The molecular formula is C23H21F2N7O3. The molecule has 35 heavy (non-hydrogen) atoms. The second-order valence-corrected chi connectivity index (χ2v) is 8.27. The first-order valence-corrected chi connectivity index (χ1v) is 10.8. The fourth-order valence-corrected chi connectivity index (χ4v) is 4.05. The summed E-state index contributed by atoms with van der Waals surface area (Å²) in [5, 5.41) is 7.16. The van der Waals surface area contributed by atoms with Crippen LogP contribution in [0.1, 0.15) is 24.2 Å². The summed E-state index contributed by atoms with van der Waals surface area (Å²) in [5.74, 6) is -1.14. The number of anilines is 2. The van der Waals surface area contributed by atoms with E-state index in [9.17, 15) is 18.4 Å². The van der Waals surface area contributed by atoms with Gasteiger partial charge in [-0.2, -0.15) is 10.1 Å². The van der Waals surface area contributed by atoms with Crippen LogP contribution in [0.4, 0.5) is 20.4 Å². The molecular weight excluding hydrogens is 460 g/mol. The molecule has 10 nitrogen and oxygen atoms in total. The molecule has 1 fully saturated rings. The Balaban J connectivity index is 1.66. The van der Waals surface area contributed by atoms with Crippen molar-refractivity contribution in [1.82, 2.24) is 28.9 Å². The van der Waals surface area contributed by atoms with Gasteiger partial charge < -0.3 is 10.1 Å². The predicted molar refractivity (Wildman–Crippen MR) is 122 cm³/mol. The van der Waals surface area contributed by atoms with Gasteiger partial charge >= 0.3 is 11.4 Å². The van der Waals surface area contributed by atoms with Gasteiger partial charge in [-0.3, -0.25) is 9.25 Å². The van der Waals surface area contributed by atoms with Gasteiger partial charge in [0.2, 0.25) is 5.95 Å². The highest BCUT2D eigenvalue weighted by Crippen LogP contribution is 2.50. The molecule has 1 aliphatic carbocycles. The number of benzene rings is 2. The number of methoxy groups -OCH3 is 1. The Kier molecular flexibility index (Phi) is 5.42. The summed E-state index contributed by atoms with van der Waals surface area (Å²) in [6.45, 7) is -0.192. The number of aryl methyl sites for hydroxylation is 1. The second kappa shape index (κ2) is 8.46. The van der Waals surface area contributed by atoms with Crippen molar-refractivity contribution < 1.29 is 13.5 Å². The van der Waals surface area contributed by atoms with Gasteiger partial charge in [-0.05, 0) is 54.8 Å². The van der Waals surface area contributed by atoms with Crippen molar-refractivity contribution in [1.29, 1.82) is 0 Å². The van der Waals surface area contributed by atoms with Crippen LogP contribution in [0.15, 0.2) is 58.4 Å². The molecule has 1 saturated carbocycles. The van der Waals surface area contributed by atoms with Crippen LogP contribution in [0.2, 0.25) is 0 Å². The van der Waals surface area contributed by atoms with Crippen LogP contribution in [0.5, 0.6) is 5.75 Å². The second-order valence-electron chi connectivity index (χ2n) is 8.27. The lowest BCUT2D eigenvalue weighted by atomic mass is 10.0. The third-order valence-electron chi connectivity index (χ3n) is 5.97. The maximum atomic E-state index is 14.1. The molecule has 0 bridgehead atoms. The SMILES string of the molecule is COc1ccc(Nc2nc(=O)n(Cc3ncn(C)n3)c(=O)n2C2(c3ccc(F)c(F)c3)CC2)cc1. The van der Waals surface area contributed by atoms with E-state index >= 15 is 0 Å². The smallest absolute Gasteiger partial charge is 0.355 e. The van der Waals surface area contributed by atoms with Crippen LogP contribution >= 0.6 is 0 Å². The Morgan fingerprint density at radius 2 is 1.83 bits per heavy atom. The molecule has 0 aliphatic heterocycles. The summed E-state index contributed by atoms with van der Waals surface area (Å²) in [4.78, 5) is 34.9. The summed E-state index contributed by atoms with van der Waals surface area (Å²) < 4.78 is 36.6. The first-order valence-electron chi connectivity index (χ1n) is 10.8. The third-order valence-corrected chi connectivity index (χ3v) is 5.97. The maximum absolute atomic E-state index is 14.1. The Morgan fingerprint density at radius 1 is 1.09 bits per heavy atom. The third kappa shape index (κ3) is 4.07. The number of nitrogens with zero attached hydrogens (tertiary/aromatic N) is 6. The van der Waals surface area contributed by atoms with E-state index in [0.717, 1.165) is 16.7 Å². The topological polar surface area (TPSA) is 109 Å². The molecule has 0 spiro atoms. The van der Waals surface area contributed by atoms with Crippen molar-refractivity contribution in [3.8, 4) is 5.75 Å². The minimum absolute atomic E-state index is 0.0161. The highest BCUT2D eigenvalue weighted by Gasteiger charge is 2.49. The zero-order valence-corrected chi connectivity index (χ0v) is 18.9. The number of rotatable bonds is 7. The van der Waals surface area contributed by atoms with Crippen molar-refractivity contribution >= 4 is 11.6 Å². The number of ether oxygens (including phenoxy) is 1. The van der Waals surface area contributed by atoms with Crippen molar-refractivity contribution in [3.05, 3.63) is 92.8 Å². The first kappa shape index (κ1) is 22.4. The molecule has 2 aromatic heterocycles. The molecule has 0 radical (unpaired) electrons. The molecule has 1 aliphatic rings.